The minimum Gasteiger partial charge on any atom is -0.466 e. The fourth-order valence-corrected chi connectivity index (χ4v) is 4.40. The highest BCUT2D eigenvalue weighted by Crippen LogP contribution is 2.27. The summed E-state index contributed by atoms with van der Waals surface area (Å²) >= 11 is 0. The van der Waals surface area contributed by atoms with Gasteiger partial charge in [0, 0.05) is 44.5 Å². The number of benzene rings is 1. The van der Waals surface area contributed by atoms with Gasteiger partial charge in [-0.25, -0.2) is 14.4 Å². The van der Waals surface area contributed by atoms with E-state index in [1.54, 1.807) is 11.0 Å². The number of esters is 1. The third kappa shape index (κ3) is 6.74. The molecule has 186 valence electrons. The minimum atomic E-state index is -0.478. The molecular weight excluding hydrogens is 434 g/mol. The summed E-state index contributed by atoms with van der Waals surface area (Å²) in [6.45, 7) is 11.1. The molecule has 3 rings (SSSR count). The van der Waals surface area contributed by atoms with E-state index in [4.69, 9.17) is 4.74 Å². The Morgan fingerprint density at radius 1 is 1.12 bits per heavy atom. The Morgan fingerprint density at radius 2 is 1.82 bits per heavy atom. The second-order valence-electron chi connectivity index (χ2n) is 10.0. The van der Waals surface area contributed by atoms with Crippen molar-refractivity contribution in [1.29, 1.82) is 0 Å². The summed E-state index contributed by atoms with van der Waals surface area (Å²) in [5.74, 6) is 0.103. The van der Waals surface area contributed by atoms with Gasteiger partial charge in [-0.15, -0.1) is 0 Å². The summed E-state index contributed by atoms with van der Waals surface area (Å²) in [7, 11) is 1.35. The van der Waals surface area contributed by atoms with Gasteiger partial charge in [0.1, 0.15) is 5.60 Å². The molecule has 0 saturated carbocycles. The van der Waals surface area contributed by atoms with Crippen LogP contribution in [-0.4, -0.2) is 73.3 Å². The average Bonchev–Trinajstić information content (AvgIpc) is 3.15. The largest absolute Gasteiger partial charge is 0.466 e. The first-order chi connectivity index (χ1) is 16.1. The van der Waals surface area contributed by atoms with Crippen LogP contribution in [-0.2, 0) is 14.3 Å². The molecule has 2 saturated heterocycles. The molecule has 2 aliphatic heterocycles. The second kappa shape index (κ2) is 10.9. The maximum absolute atomic E-state index is 13.1. The molecule has 0 aromatic heterocycles. The van der Waals surface area contributed by atoms with Crippen molar-refractivity contribution in [3.05, 3.63) is 35.4 Å². The molecular formula is C26H37N3O5. The molecule has 2 aliphatic rings. The molecule has 0 spiro atoms. The normalized spacial score (nSPS) is 17.6. The zero-order valence-electron chi connectivity index (χ0n) is 21.0. The monoisotopic (exact) mass is 471 g/mol. The van der Waals surface area contributed by atoms with Crippen molar-refractivity contribution in [2.45, 2.75) is 52.6 Å². The smallest absolute Gasteiger partial charge is 0.410 e. The molecule has 2 fully saturated rings. The van der Waals surface area contributed by atoms with Crippen molar-refractivity contribution in [1.82, 2.24) is 9.80 Å². The van der Waals surface area contributed by atoms with Gasteiger partial charge in [-0.05, 0) is 82.2 Å². The Labute approximate surface area is 202 Å². The molecule has 0 N–H and O–H groups in total. The quantitative estimate of drug-likeness (QED) is 0.452. The number of hydrogen-bond donors (Lipinski definition) is 0. The Kier molecular flexibility index (Phi) is 8.23. The van der Waals surface area contributed by atoms with Gasteiger partial charge in [0.25, 0.3) is 0 Å². The first-order valence-electron chi connectivity index (χ1n) is 12.0. The summed E-state index contributed by atoms with van der Waals surface area (Å²) in [6, 6.07) is 5.83. The number of methoxy groups -OCH3 is 1. The van der Waals surface area contributed by atoms with Gasteiger partial charge in [-0.2, -0.15) is 0 Å². The van der Waals surface area contributed by atoms with Gasteiger partial charge < -0.3 is 19.3 Å². The Balaban J connectivity index is 1.49. The topological polar surface area (TPSA) is 79.4 Å². The van der Waals surface area contributed by atoms with E-state index in [0.717, 1.165) is 42.6 Å². The zero-order valence-corrected chi connectivity index (χ0v) is 21.0. The van der Waals surface area contributed by atoms with E-state index in [2.05, 4.69) is 4.74 Å². The van der Waals surface area contributed by atoms with Crippen molar-refractivity contribution in [3.63, 3.8) is 0 Å². The molecule has 3 amide bonds. The number of amides is 3. The van der Waals surface area contributed by atoms with Gasteiger partial charge in [-0.3, -0.25) is 4.90 Å². The van der Waals surface area contributed by atoms with Gasteiger partial charge in [0.05, 0.1) is 7.11 Å². The Bertz CT molecular complexity index is 929. The summed E-state index contributed by atoms with van der Waals surface area (Å²) in [5.41, 5.74) is 2.28. The summed E-state index contributed by atoms with van der Waals surface area (Å²) in [5, 5.41) is 0. The van der Waals surface area contributed by atoms with Crippen molar-refractivity contribution < 1.29 is 23.9 Å². The van der Waals surface area contributed by atoms with E-state index in [9.17, 15) is 14.4 Å². The third-order valence-electron chi connectivity index (χ3n) is 6.29. The zero-order chi connectivity index (χ0) is 24.9. The van der Waals surface area contributed by atoms with Crippen molar-refractivity contribution >= 4 is 29.9 Å². The van der Waals surface area contributed by atoms with Crippen LogP contribution in [0.1, 0.15) is 51.2 Å². The first kappa shape index (κ1) is 25.6. The molecule has 8 heteroatoms. The number of ether oxygens (including phenoxy) is 2. The third-order valence-corrected chi connectivity index (χ3v) is 6.29. The standard InChI is InChI=1S/C26H37N3O5/c1-19-18-21(7-9-23(30)33-5)6-8-22(19)29-17-16-27(24(29)31)13-10-20-11-14-28(15-12-20)25(32)34-26(2,3)4/h6-9,18,20H,10-17H2,1-5H3. The molecule has 0 bridgehead atoms. The summed E-state index contributed by atoms with van der Waals surface area (Å²) in [4.78, 5) is 42.1. The molecule has 1 aromatic carbocycles. The number of carbonyl (C=O) groups excluding carboxylic acids is 3. The molecule has 0 aliphatic carbocycles. The number of hydrogen-bond acceptors (Lipinski definition) is 5. The van der Waals surface area contributed by atoms with Gasteiger partial charge in [0.15, 0.2) is 0 Å². The number of rotatable bonds is 6. The highest BCUT2D eigenvalue weighted by Gasteiger charge is 2.32. The van der Waals surface area contributed by atoms with Crippen molar-refractivity contribution in [2.75, 3.05) is 44.7 Å². The average molecular weight is 472 g/mol. The van der Waals surface area contributed by atoms with E-state index in [1.165, 1.54) is 13.2 Å². The predicted molar refractivity (Wildman–Crippen MR) is 132 cm³/mol. The lowest BCUT2D eigenvalue weighted by atomic mass is 9.93. The van der Waals surface area contributed by atoms with E-state index >= 15 is 0 Å². The number of likely N-dealkylation sites (tertiary alicyclic amines) is 1. The van der Waals surface area contributed by atoms with Crippen LogP contribution < -0.4 is 4.90 Å². The van der Waals surface area contributed by atoms with Gasteiger partial charge in [-0.1, -0.05) is 6.07 Å². The molecule has 0 atom stereocenters. The Morgan fingerprint density at radius 3 is 2.44 bits per heavy atom. The van der Waals surface area contributed by atoms with Crippen LogP contribution in [0.4, 0.5) is 15.3 Å². The van der Waals surface area contributed by atoms with Crippen LogP contribution in [0.2, 0.25) is 0 Å². The maximum Gasteiger partial charge on any atom is 0.410 e. The molecule has 0 unspecified atom stereocenters. The lowest BCUT2D eigenvalue weighted by Gasteiger charge is -2.34. The number of piperidine rings is 1. The van der Waals surface area contributed by atoms with Crippen LogP contribution >= 0.6 is 0 Å². The van der Waals surface area contributed by atoms with Gasteiger partial charge >= 0.3 is 18.1 Å². The van der Waals surface area contributed by atoms with Crippen LogP contribution in [0, 0.1) is 12.8 Å². The molecule has 2 heterocycles. The molecule has 8 nitrogen and oxygen atoms in total. The van der Waals surface area contributed by atoms with Crippen molar-refractivity contribution in [2.24, 2.45) is 5.92 Å². The fourth-order valence-electron chi connectivity index (χ4n) is 4.40. The van der Waals surface area contributed by atoms with Crippen LogP contribution in [0.3, 0.4) is 0 Å². The lowest BCUT2D eigenvalue weighted by molar-refractivity contribution is -0.134. The van der Waals surface area contributed by atoms with Crippen LogP contribution in [0.25, 0.3) is 6.08 Å². The van der Waals surface area contributed by atoms with E-state index in [-0.39, 0.29) is 12.1 Å². The number of anilines is 1. The number of urea groups is 1. The van der Waals surface area contributed by atoms with Gasteiger partial charge in [0.2, 0.25) is 0 Å². The highest BCUT2D eigenvalue weighted by atomic mass is 16.6. The van der Waals surface area contributed by atoms with E-state index in [0.29, 0.717) is 32.1 Å². The fraction of sp³-hybridized carbons (Fsp3) is 0.577. The number of aryl methyl sites for hydroxylation is 1. The molecule has 0 radical (unpaired) electrons. The predicted octanol–water partition coefficient (Wildman–Crippen LogP) is 4.46. The van der Waals surface area contributed by atoms with Crippen LogP contribution in [0.5, 0.6) is 0 Å². The summed E-state index contributed by atoms with van der Waals surface area (Å²) in [6.07, 6.45) is 5.66. The maximum atomic E-state index is 13.1. The van der Waals surface area contributed by atoms with E-state index < -0.39 is 11.6 Å². The first-order valence-corrected chi connectivity index (χ1v) is 12.0. The molecule has 34 heavy (non-hydrogen) atoms. The number of nitrogens with zero attached hydrogens (tertiary/aromatic N) is 3. The summed E-state index contributed by atoms with van der Waals surface area (Å²) < 4.78 is 10.1. The SMILES string of the molecule is COC(=O)C=Cc1ccc(N2CCN(CCC3CCN(C(=O)OC(C)(C)C)CC3)C2=O)c(C)c1. The molecule has 1 aromatic rings. The van der Waals surface area contributed by atoms with Crippen molar-refractivity contribution in [3.8, 4) is 0 Å². The van der Waals surface area contributed by atoms with Crippen LogP contribution in [0.15, 0.2) is 24.3 Å². The highest BCUT2D eigenvalue weighted by molar-refractivity contribution is 5.95. The minimum absolute atomic E-state index is 0.0344. The van der Waals surface area contributed by atoms with E-state index in [1.807, 2.05) is 55.7 Å². The second-order valence-corrected chi connectivity index (χ2v) is 10.0. The number of carbonyl (C=O) groups is 3. The Hall–Kier alpha value is -3.03. The lowest BCUT2D eigenvalue weighted by Crippen LogP contribution is -2.42.